The third kappa shape index (κ3) is 3.82. The van der Waals surface area contributed by atoms with Gasteiger partial charge < -0.3 is 20.5 Å². The van der Waals surface area contributed by atoms with E-state index in [1.54, 1.807) is 0 Å². The lowest BCUT2D eigenvalue weighted by Crippen LogP contribution is -2.34. The average Bonchev–Trinajstić information content (AvgIpc) is 3.31. The van der Waals surface area contributed by atoms with Crippen molar-refractivity contribution >= 4 is 33.6 Å². The normalized spacial score (nSPS) is 24.4. The summed E-state index contributed by atoms with van der Waals surface area (Å²) >= 11 is 0. The largest absolute Gasteiger partial charge is 0.362 e. The van der Waals surface area contributed by atoms with E-state index in [9.17, 15) is 0 Å². The zero-order valence-electron chi connectivity index (χ0n) is 19.4. The van der Waals surface area contributed by atoms with Crippen LogP contribution in [0.25, 0.3) is 21.8 Å². The SMILES string of the molecule is CN(C)c1nc(NC2CC23CCC(NCc2c[nH]c4ccccc24)CC3)nc2ccccc12. The van der Waals surface area contributed by atoms with Gasteiger partial charge in [0.1, 0.15) is 5.82 Å². The number of aromatic amines is 1. The van der Waals surface area contributed by atoms with Crippen LogP contribution >= 0.6 is 0 Å². The first kappa shape index (κ1) is 20.5. The molecular weight excluding hydrogens is 408 g/mol. The Hall–Kier alpha value is -3.12. The number of anilines is 2. The van der Waals surface area contributed by atoms with Crippen LogP contribution < -0.4 is 15.5 Å². The maximum atomic E-state index is 4.84. The third-order valence-corrected chi connectivity index (χ3v) is 7.74. The Kier molecular flexibility index (Phi) is 4.98. The van der Waals surface area contributed by atoms with Gasteiger partial charge in [0.2, 0.25) is 5.95 Å². The van der Waals surface area contributed by atoms with Gasteiger partial charge in [-0.3, -0.25) is 0 Å². The second-order valence-corrected chi connectivity index (χ2v) is 10.1. The Bertz CT molecular complexity index is 1280. The van der Waals surface area contributed by atoms with Gasteiger partial charge >= 0.3 is 0 Å². The van der Waals surface area contributed by atoms with E-state index < -0.39 is 0 Å². The van der Waals surface area contributed by atoms with Gasteiger partial charge in [-0.1, -0.05) is 30.3 Å². The first-order chi connectivity index (χ1) is 16.1. The summed E-state index contributed by atoms with van der Waals surface area (Å²) in [5, 5.41) is 9.92. The summed E-state index contributed by atoms with van der Waals surface area (Å²) < 4.78 is 0. The molecule has 0 bridgehead atoms. The third-order valence-electron chi connectivity index (χ3n) is 7.74. The van der Waals surface area contributed by atoms with Crippen molar-refractivity contribution in [2.75, 3.05) is 24.3 Å². The fraction of sp³-hybridized carbons (Fsp3) is 0.407. The van der Waals surface area contributed by atoms with Gasteiger partial charge in [0.05, 0.1) is 5.52 Å². The van der Waals surface area contributed by atoms with E-state index in [0.717, 1.165) is 29.2 Å². The smallest absolute Gasteiger partial charge is 0.225 e. The molecule has 6 rings (SSSR count). The van der Waals surface area contributed by atoms with Crippen LogP contribution in [0.1, 0.15) is 37.7 Å². The van der Waals surface area contributed by atoms with Crippen LogP contribution in [-0.4, -0.2) is 41.1 Å². The molecule has 6 heteroatoms. The van der Waals surface area contributed by atoms with Crippen molar-refractivity contribution in [3.05, 3.63) is 60.3 Å². The average molecular weight is 441 g/mol. The minimum Gasteiger partial charge on any atom is -0.362 e. The molecule has 0 saturated heterocycles. The topological polar surface area (TPSA) is 68.9 Å². The number of H-pyrrole nitrogens is 1. The maximum Gasteiger partial charge on any atom is 0.225 e. The van der Waals surface area contributed by atoms with E-state index in [1.165, 1.54) is 48.6 Å². The van der Waals surface area contributed by atoms with E-state index in [-0.39, 0.29) is 0 Å². The molecule has 1 unspecified atom stereocenters. The highest BCUT2D eigenvalue weighted by atomic mass is 15.2. The van der Waals surface area contributed by atoms with E-state index >= 15 is 0 Å². The van der Waals surface area contributed by atoms with Crippen LogP contribution in [0.2, 0.25) is 0 Å². The first-order valence-corrected chi connectivity index (χ1v) is 12.1. The Balaban J connectivity index is 1.07. The van der Waals surface area contributed by atoms with E-state index in [0.29, 0.717) is 17.5 Å². The predicted octanol–water partition coefficient (Wildman–Crippen LogP) is 5.08. The van der Waals surface area contributed by atoms with Crippen LogP contribution in [0.15, 0.2) is 54.7 Å². The highest BCUT2D eigenvalue weighted by Gasteiger charge is 2.55. The Morgan fingerprint density at radius 2 is 1.76 bits per heavy atom. The van der Waals surface area contributed by atoms with Gasteiger partial charge in [-0.25, -0.2) is 4.98 Å². The molecule has 1 spiro atoms. The molecule has 1 atom stereocenters. The Morgan fingerprint density at radius 1 is 1.00 bits per heavy atom. The number of nitrogens with one attached hydrogen (secondary N) is 3. The molecule has 2 fully saturated rings. The van der Waals surface area contributed by atoms with Gasteiger partial charge in [0.15, 0.2) is 0 Å². The summed E-state index contributed by atoms with van der Waals surface area (Å²) in [5.41, 5.74) is 4.00. The summed E-state index contributed by atoms with van der Waals surface area (Å²) in [6, 6.07) is 17.9. The number of hydrogen-bond donors (Lipinski definition) is 3. The number of hydrogen-bond acceptors (Lipinski definition) is 5. The fourth-order valence-corrected chi connectivity index (χ4v) is 5.65. The zero-order valence-corrected chi connectivity index (χ0v) is 19.4. The molecule has 33 heavy (non-hydrogen) atoms. The van der Waals surface area contributed by atoms with Crippen LogP contribution in [0.5, 0.6) is 0 Å². The molecule has 2 aliphatic rings. The quantitative estimate of drug-likeness (QED) is 0.390. The molecule has 2 heterocycles. The molecule has 2 aromatic carbocycles. The van der Waals surface area contributed by atoms with Crippen molar-refractivity contribution in [3.63, 3.8) is 0 Å². The van der Waals surface area contributed by atoms with E-state index in [1.807, 2.05) is 26.2 Å². The summed E-state index contributed by atoms with van der Waals surface area (Å²) in [5.74, 6) is 1.74. The van der Waals surface area contributed by atoms with Gasteiger partial charge in [-0.15, -0.1) is 0 Å². The highest BCUT2D eigenvalue weighted by Crippen LogP contribution is 2.57. The standard InChI is InChI=1S/C27H32N6/c1-33(2)25-21-8-4-6-10-23(21)30-26(32-25)31-24-15-27(24)13-11-19(12-14-27)28-16-18-17-29-22-9-5-3-7-20(18)22/h3-10,17,19,24,28-29H,11-16H2,1-2H3,(H,30,31,32). The maximum absolute atomic E-state index is 4.84. The summed E-state index contributed by atoms with van der Waals surface area (Å²) in [6.45, 7) is 0.932. The van der Waals surface area contributed by atoms with Crippen molar-refractivity contribution in [1.82, 2.24) is 20.3 Å². The van der Waals surface area contributed by atoms with Crippen LogP contribution in [0, 0.1) is 5.41 Å². The molecule has 0 radical (unpaired) electrons. The van der Waals surface area contributed by atoms with Gasteiger partial charge in [-0.2, -0.15) is 4.98 Å². The van der Waals surface area contributed by atoms with Crippen molar-refractivity contribution in [2.24, 2.45) is 5.41 Å². The number of nitrogens with zero attached hydrogens (tertiary/aromatic N) is 3. The van der Waals surface area contributed by atoms with Crippen molar-refractivity contribution in [3.8, 4) is 0 Å². The Morgan fingerprint density at radius 3 is 2.58 bits per heavy atom. The van der Waals surface area contributed by atoms with Crippen LogP contribution in [0.4, 0.5) is 11.8 Å². The summed E-state index contributed by atoms with van der Waals surface area (Å²) in [7, 11) is 4.09. The zero-order chi connectivity index (χ0) is 22.4. The van der Waals surface area contributed by atoms with Crippen LogP contribution in [-0.2, 0) is 6.54 Å². The van der Waals surface area contributed by atoms with Crippen molar-refractivity contribution in [1.29, 1.82) is 0 Å². The molecule has 0 aliphatic heterocycles. The lowest BCUT2D eigenvalue weighted by Gasteiger charge is -2.30. The lowest BCUT2D eigenvalue weighted by molar-refractivity contribution is 0.269. The summed E-state index contributed by atoms with van der Waals surface area (Å²) in [6.07, 6.45) is 8.39. The lowest BCUT2D eigenvalue weighted by atomic mass is 9.82. The monoisotopic (exact) mass is 440 g/mol. The van der Waals surface area contributed by atoms with Gasteiger partial charge in [0, 0.05) is 55.2 Å². The summed E-state index contributed by atoms with van der Waals surface area (Å²) in [4.78, 5) is 15.1. The number of rotatable bonds is 6. The van der Waals surface area contributed by atoms with Crippen molar-refractivity contribution in [2.45, 2.75) is 50.7 Å². The molecule has 2 aliphatic carbocycles. The molecular formula is C27H32N6. The van der Waals surface area contributed by atoms with Crippen LogP contribution in [0.3, 0.4) is 0 Å². The first-order valence-electron chi connectivity index (χ1n) is 12.1. The molecule has 2 saturated carbocycles. The molecule has 0 amide bonds. The predicted molar refractivity (Wildman–Crippen MR) is 136 cm³/mol. The molecule has 2 aromatic heterocycles. The van der Waals surface area contributed by atoms with Gasteiger partial charge in [-0.05, 0) is 61.3 Å². The second-order valence-electron chi connectivity index (χ2n) is 10.1. The molecule has 6 nitrogen and oxygen atoms in total. The minimum atomic E-state index is 0.423. The van der Waals surface area contributed by atoms with E-state index in [4.69, 9.17) is 9.97 Å². The van der Waals surface area contributed by atoms with E-state index in [2.05, 4.69) is 63.1 Å². The number of fused-ring (bicyclic) bond motifs is 2. The number of benzene rings is 2. The molecule has 4 aromatic rings. The van der Waals surface area contributed by atoms with Crippen molar-refractivity contribution < 1.29 is 0 Å². The Labute approximate surface area is 194 Å². The fourth-order valence-electron chi connectivity index (χ4n) is 5.65. The number of para-hydroxylation sites is 2. The highest BCUT2D eigenvalue weighted by molar-refractivity contribution is 5.90. The molecule has 3 N–H and O–H groups in total. The van der Waals surface area contributed by atoms with Gasteiger partial charge in [0.25, 0.3) is 0 Å². The molecule has 170 valence electrons. The second kappa shape index (κ2) is 8.03. The minimum absolute atomic E-state index is 0.423. The number of aromatic nitrogens is 3.